The molecular formula is C15H20Cl2N2O+2. The van der Waals surface area contributed by atoms with Gasteiger partial charge in [-0.3, -0.25) is 0 Å². The highest BCUT2D eigenvalue weighted by molar-refractivity contribution is 6.40. The molecule has 4 aliphatic rings. The number of piperidine rings is 1. The molecule has 5 heteroatoms. The molecule has 1 spiro atoms. The van der Waals surface area contributed by atoms with Gasteiger partial charge in [-0.15, -0.1) is 0 Å². The normalized spacial score (nSPS) is 45.9. The Labute approximate surface area is 129 Å². The number of rotatable bonds is 1. The zero-order valence-corrected chi connectivity index (χ0v) is 13.1. The van der Waals surface area contributed by atoms with Crippen LogP contribution in [0.3, 0.4) is 0 Å². The summed E-state index contributed by atoms with van der Waals surface area (Å²) in [4.78, 5) is 0. The number of aliphatic hydroxyl groups excluding tert-OH is 1. The van der Waals surface area contributed by atoms with E-state index in [1.165, 1.54) is 10.9 Å². The van der Waals surface area contributed by atoms with Gasteiger partial charge < -0.3 is 9.59 Å². The molecule has 0 radical (unpaired) electrons. The summed E-state index contributed by atoms with van der Waals surface area (Å²) in [6, 6.07) is 4.92. The Bertz CT molecular complexity index is 571. The topological polar surface area (TPSA) is 24.1 Å². The number of hydrogen-bond acceptors (Lipinski definition) is 1. The van der Waals surface area contributed by atoms with Gasteiger partial charge in [0.2, 0.25) is 0 Å². The molecule has 108 valence electrons. The Balaban J connectivity index is 1.64. The van der Waals surface area contributed by atoms with Gasteiger partial charge in [0.1, 0.15) is 5.02 Å². The van der Waals surface area contributed by atoms with Crippen molar-refractivity contribution >= 4 is 23.2 Å². The summed E-state index contributed by atoms with van der Waals surface area (Å²) in [5, 5.41) is 11.0. The van der Waals surface area contributed by atoms with Crippen molar-refractivity contribution in [3.05, 3.63) is 28.5 Å². The van der Waals surface area contributed by atoms with Crippen molar-refractivity contribution in [3.8, 4) is 0 Å². The van der Waals surface area contributed by atoms with Crippen molar-refractivity contribution in [2.24, 2.45) is 0 Å². The Kier molecular flexibility index (Phi) is 2.73. The largest absolute Gasteiger partial charge is 0.393 e. The van der Waals surface area contributed by atoms with E-state index in [2.05, 4.69) is 17.7 Å². The predicted octanol–water partition coefficient (Wildman–Crippen LogP) is 2.34. The minimum atomic E-state index is -0.0942. The van der Waals surface area contributed by atoms with Crippen molar-refractivity contribution in [2.75, 3.05) is 13.1 Å². The standard InChI is InChI=1S/C15H20Cl2N2O/c1-15-9-12(19(15)7-4-10(20)5-8-19)13(15)18-6-2-3-11(16)14(18)17/h2-3,6,10,12-13,20H,4-5,7-9H2,1H3/q+2. The summed E-state index contributed by atoms with van der Waals surface area (Å²) in [6.45, 7) is 4.59. The zero-order valence-electron chi connectivity index (χ0n) is 11.6. The molecule has 5 rings (SSSR count). The third-order valence-electron chi connectivity index (χ3n) is 6.21. The highest BCUT2D eigenvalue weighted by Gasteiger charge is 2.87. The monoisotopic (exact) mass is 314 g/mol. The molecule has 1 saturated carbocycles. The predicted molar refractivity (Wildman–Crippen MR) is 77.7 cm³/mol. The van der Waals surface area contributed by atoms with Crippen LogP contribution in [0.1, 0.15) is 32.2 Å². The lowest BCUT2D eigenvalue weighted by molar-refractivity contribution is -1.14. The quantitative estimate of drug-likeness (QED) is 0.480. The van der Waals surface area contributed by atoms with Gasteiger partial charge >= 0.3 is 0 Å². The molecule has 3 unspecified atom stereocenters. The molecule has 20 heavy (non-hydrogen) atoms. The van der Waals surface area contributed by atoms with Crippen LogP contribution in [0.15, 0.2) is 18.3 Å². The van der Waals surface area contributed by atoms with E-state index in [4.69, 9.17) is 23.2 Å². The van der Waals surface area contributed by atoms with E-state index >= 15 is 0 Å². The SMILES string of the molecule is CC12CC(C1[n+]1cccc(Cl)c1Cl)[N+]21CCC(O)CC1. The van der Waals surface area contributed by atoms with Gasteiger partial charge in [0, 0.05) is 18.9 Å². The zero-order chi connectivity index (χ0) is 14.1. The molecule has 3 atom stereocenters. The minimum absolute atomic E-state index is 0.0942. The summed E-state index contributed by atoms with van der Waals surface area (Å²) in [6.07, 6.45) is 5.10. The van der Waals surface area contributed by atoms with Gasteiger partial charge in [0.05, 0.1) is 25.6 Å². The van der Waals surface area contributed by atoms with E-state index in [0.717, 1.165) is 25.9 Å². The lowest BCUT2D eigenvalue weighted by atomic mass is 9.52. The second kappa shape index (κ2) is 4.10. The number of nitrogens with zero attached hydrogens (tertiary/aromatic N) is 2. The third-order valence-corrected chi connectivity index (χ3v) is 7.01. The molecule has 1 N–H and O–H groups in total. The lowest BCUT2D eigenvalue weighted by Gasteiger charge is -2.76. The number of halogens is 2. The summed E-state index contributed by atoms with van der Waals surface area (Å²) in [5.41, 5.74) is 0.268. The van der Waals surface area contributed by atoms with E-state index in [-0.39, 0.29) is 11.6 Å². The Hall–Kier alpha value is -0.350. The van der Waals surface area contributed by atoms with E-state index in [1.54, 1.807) is 0 Å². The Morgan fingerprint density at radius 3 is 2.65 bits per heavy atom. The van der Waals surface area contributed by atoms with Crippen LogP contribution < -0.4 is 4.57 Å². The molecule has 4 heterocycles. The molecule has 1 aromatic heterocycles. The van der Waals surface area contributed by atoms with Gasteiger partial charge in [-0.05, 0) is 24.6 Å². The highest BCUT2D eigenvalue weighted by Crippen LogP contribution is 2.66. The summed E-state index contributed by atoms with van der Waals surface area (Å²) >= 11 is 12.5. The first kappa shape index (κ1) is 13.3. The van der Waals surface area contributed by atoms with Crippen LogP contribution in [0.2, 0.25) is 10.2 Å². The van der Waals surface area contributed by atoms with Gasteiger partial charge in [0.15, 0.2) is 17.8 Å². The van der Waals surface area contributed by atoms with Crippen molar-refractivity contribution in [2.45, 2.75) is 49.9 Å². The number of pyridine rings is 1. The fourth-order valence-corrected chi connectivity index (χ4v) is 5.41. The minimum Gasteiger partial charge on any atom is -0.393 e. The average Bonchev–Trinajstić information content (AvgIpc) is 2.43. The van der Waals surface area contributed by atoms with Crippen LogP contribution in [0.4, 0.5) is 0 Å². The summed E-state index contributed by atoms with van der Waals surface area (Å²) in [5.74, 6) is 0. The molecule has 3 nitrogen and oxygen atoms in total. The van der Waals surface area contributed by atoms with Crippen LogP contribution in [-0.4, -0.2) is 40.4 Å². The number of quaternary nitrogens is 1. The van der Waals surface area contributed by atoms with E-state index in [9.17, 15) is 5.11 Å². The molecular weight excluding hydrogens is 295 g/mol. The van der Waals surface area contributed by atoms with Gasteiger partial charge in [-0.1, -0.05) is 11.6 Å². The van der Waals surface area contributed by atoms with E-state index < -0.39 is 0 Å². The molecule has 1 aromatic rings. The van der Waals surface area contributed by atoms with Crippen molar-refractivity contribution in [3.63, 3.8) is 0 Å². The van der Waals surface area contributed by atoms with Crippen LogP contribution >= 0.6 is 23.2 Å². The van der Waals surface area contributed by atoms with Gasteiger partial charge in [-0.2, -0.15) is 4.57 Å². The number of hydrogen-bond donors (Lipinski definition) is 1. The van der Waals surface area contributed by atoms with Crippen molar-refractivity contribution in [1.82, 2.24) is 0 Å². The molecule has 2 bridgehead atoms. The molecule has 3 saturated heterocycles. The number of aromatic nitrogens is 1. The first-order valence-corrected chi connectivity index (χ1v) is 8.15. The lowest BCUT2D eigenvalue weighted by Crippen LogP contribution is -2.98. The molecule has 1 aliphatic carbocycles. The van der Waals surface area contributed by atoms with Crippen LogP contribution in [0, 0.1) is 0 Å². The first-order valence-electron chi connectivity index (χ1n) is 7.40. The van der Waals surface area contributed by atoms with Crippen molar-refractivity contribution in [1.29, 1.82) is 0 Å². The second-order valence-corrected chi connectivity index (χ2v) is 7.61. The fourth-order valence-electron chi connectivity index (χ4n) is 5.02. The molecule has 3 aliphatic heterocycles. The van der Waals surface area contributed by atoms with E-state index in [1.807, 2.05) is 12.1 Å². The maximum absolute atomic E-state index is 9.76. The van der Waals surface area contributed by atoms with E-state index in [0.29, 0.717) is 22.3 Å². The van der Waals surface area contributed by atoms with Gasteiger partial charge in [-0.25, -0.2) is 0 Å². The number of aliphatic hydroxyl groups is 1. The van der Waals surface area contributed by atoms with Crippen LogP contribution in [0.5, 0.6) is 0 Å². The Morgan fingerprint density at radius 1 is 1.35 bits per heavy atom. The molecule has 4 fully saturated rings. The van der Waals surface area contributed by atoms with Crippen LogP contribution in [0.25, 0.3) is 0 Å². The maximum Gasteiger partial charge on any atom is 0.294 e. The molecule has 0 amide bonds. The fraction of sp³-hybridized carbons (Fsp3) is 0.667. The van der Waals surface area contributed by atoms with Gasteiger partial charge in [0.25, 0.3) is 11.2 Å². The third kappa shape index (κ3) is 1.38. The second-order valence-electron chi connectivity index (χ2n) is 6.84. The van der Waals surface area contributed by atoms with Crippen LogP contribution in [-0.2, 0) is 0 Å². The first-order chi connectivity index (χ1) is 9.49. The highest BCUT2D eigenvalue weighted by atomic mass is 35.5. The Morgan fingerprint density at radius 2 is 2.05 bits per heavy atom. The maximum atomic E-state index is 9.76. The molecule has 0 aromatic carbocycles. The summed E-state index contributed by atoms with van der Waals surface area (Å²) < 4.78 is 3.34. The van der Waals surface area contributed by atoms with Crippen molar-refractivity contribution < 1.29 is 14.2 Å². The smallest absolute Gasteiger partial charge is 0.294 e. The summed E-state index contributed by atoms with van der Waals surface area (Å²) in [7, 11) is 0. The average molecular weight is 315 g/mol.